The summed E-state index contributed by atoms with van der Waals surface area (Å²) in [6.45, 7) is 1.61. The molecule has 0 amide bonds. The van der Waals surface area contributed by atoms with E-state index < -0.39 is 107 Å². The van der Waals surface area contributed by atoms with Gasteiger partial charge in [-0.1, -0.05) is 145 Å². The maximum absolute atomic E-state index is 13.4. The molecule has 1 saturated heterocycles. The molecule has 2 unspecified atom stereocenters. The molecule has 1 aromatic heterocycles. The Morgan fingerprint density at radius 3 is 1.99 bits per heavy atom. The molecule has 1 fully saturated rings. The van der Waals surface area contributed by atoms with Crippen molar-refractivity contribution < 1.29 is 81.3 Å². The van der Waals surface area contributed by atoms with Crippen molar-refractivity contribution >= 4 is 51.1 Å². The van der Waals surface area contributed by atoms with E-state index in [9.17, 15) is 53.4 Å². The zero-order valence-electron chi connectivity index (χ0n) is 46.5. The van der Waals surface area contributed by atoms with E-state index in [1.165, 1.54) is 31.7 Å². The highest BCUT2D eigenvalue weighted by molar-refractivity contribution is 8.00. The number of aromatic nitrogens is 2. The maximum Gasteiger partial charge on any atom is 0.481 e. The number of carbonyl (C=O) groups is 3. The number of nitrogens with zero attached hydrogens (tertiary/aromatic N) is 2. The molecule has 0 aromatic carbocycles. The molecule has 2 rings (SSSR count). The molecule has 0 aliphatic carbocycles. The van der Waals surface area contributed by atoms with Crippen LogP contribution in [0.5, 0.6) is 0 Å². The van der Waals surface area contributed by atoms with Crippen LogP contribution < -0.4 is 17.2 Å². The average molecular weight is 1190 g/mol. The van der Waals surface area contributed by atoms with Crippen molar-refractivity contribution in [1.29, 1.82) is 0 Å². The van der Waals surface area contributed by atoms with Gasteiger partial charge in [-0.25, -0.2) is 13.9 Å². The molecule has 25 heteroatoms. The second-order valence-corrected chi connectivity index (χ2v) is 23.5. The number of aliphatic hydroxyl groups excluding tert-OH is 3. The molecule has 10 N–H and O–H groups in total. The van der Waals surface area contributed by atoms with E-state index in [0.29, 0.717) is 6.42 Å². The SMILES string of the molecule is CCCCC/C=C\C\C=C/C=C/C=C/[C@@H](SC[C@H](N)C(=O)O[C@H](COC(=O)CCCCCCCCC/C=C\C/C=C\CCCCC)COP(=O)(O)OP(=O)(O)OC[C@H]1O[C@@H](n2ccc(N)nc2=O)[C@H](O)[C@@H]1O)[C@@H](O)CCCC(=O)O. The van der Waals surface area contributed by atoms with Gasteiger partial charge in [0.05, 0.1) is 19.3 Å². The number of ether oxygens (including phenoxy) is 3. The van der Waals surface area contributed by atoms with Gasteiger partial charge in [0.15, 0.2) is 12.3 Å². The van der Waals surface area contributed by atoms with Crippen molar-refractivity contribution in [3.63, 3.8) is 0 Å². The van der Waals surface area contributed by atoms with Gasteiger partial charge in [-0.05, 0) is 76.7 Å². The van der Waals surface area contributed by atoms with Gasteiger partial charge in [0.25, 0.3) is 0 Å². The van der Waals surface area contributed by atoms with Gasteiger partial charge < -0.3 is 55.9 Å². The number of phosphoric acid groups is 2. The average Bonchev–Trinajstić information content (AvgIpc) is 3.81. The molecule has 1 aliphatic heterocycles. The number of carbonyl (C=O) groups excluding carboxylic acids is 2. The number of rotatable bonds is 46. The Morgan fingerprint density at radius 1 is 0.775 bits per heavy atom. The van der Waals surface area contributed by atoms with E-state index >= 15 is 0 Å². The van der Waals surface area contributed by atoms with Gasteiger partial charge in [-0.15, -0.1) is 11.8 Å². The first-order chi connectivity index (χ1) is 38.3. The minimum atomic E-state index is -5.59. The number of aliphatic hydroxyl groups is 3. The minimum absolute atomic E-state index is 0.0126. The third-order valence-corrected chi connectivity index (χ3v) is 16.3. The van der Waals surface area contributed by atoms with Crippen LogP contribution in [0.1, 0.15) is 161 Å². The molecule has 0 saturated carbocycles. The number of carboxylic acids is 1. The number of unbranched alkanes of at least 4 members (excludes halogenated alkanes) is 13. The van der Waals surface area contributed by atoms with Crippen LogP contribution in [0.3, 0.4) is 0 Å². The Hall–Kier alpha value is -4.06. The zero-order valence-corrected chi connectivity index (χ0v) is 49.1. The summed E-state index contributed by atoms with van der Waals surface area (Å²) >= 11 is 1.08. The summed E-state index contributed by atoms with van der Waals surface area (Å²) in [5.74, 6) is -3.04. The Morgan fingerprint density at radius 2 is 1.36 bits per heavy atom. The second-order valence-electron chi connectivity index (χ2n) is 19.3. The molecular weight excluding hydrogens is 1100 g/mol. The minimum Gasteiger partial charge on any atom is -0.481 e. The Labute approximate surface area is 476 Å². The monoisotopic (exact) mass is 1190 g/mol. The molecule has 10 atom stereocenters. The fourth-order valence-electron chi connectivity index (χ4n) is 7.77. The first-order valence-electron chi connectivity index (χ1n) is 27.9. The fraction of sp³-hybridized carbons (Fsp3) is 0.655. The number of anilines is 1. The van der Waals surface area contributed by atoms with E-state index in [-0.39, 0.29) is 37.3 Å². The first-order valence-corrected chi connectivity index (χ1v) is 31.9. The highest BCUT2D eigenvalue weighted by atomic mass is 32.2. The third kappa shape index (κ3) is 33.8. The second kappa shape index (κ2) is 42.7. The van der Waals surface area contributed by atoms with Gasteiger partial charge in [-0.3, -0.25) is 28.0 Å². The van der Waals surface area contributed by atoms with Crippen LogP contribution in [0.15, 0.2) is 90.0 Å². The third-order valence-electron chi connectivity index (χ3n) is 12.3. The lowest BCUT2D eigenvalue weighted by Crippen LogP contribution is -2.40. The van der Waals surface area contributed by atoms with E-state index in [2.05, 4.69) is 59.6 Å². The number of carboxylic acid groups (broad SMARTS) is 1. The summed E-state index contributed by atoms with van der Waals surface area (Å²) in [6, 6.07) is -0.166. The first kappa shape index (κ1) is 72.0. The summed E-state index contributed by atoms with van der Waals surface area (Å²) in [7, 11) is -11.1. The Bertz CT molecular complexity index is 2260. The number of thioether (sulfide) groups is 1. The van der Waals surface area contributed by atoms with Gasteiger partial charge in [0, 0.05) is 30.0 Å². The lowest BCUT2D eigenvalue weighted by atomic mass is 10.1. The van der Waals surface area contributed by atoms with Crippen molar-refractivity contribution in [1.82, 2.24) is 9.55 Å². The fourth-order valence-corrected chi connectivity index (χ4v) is 11.0. The van der Waals surface area contributed by atoms with E-state index in [0.717, 1.165) is 106 Å². The van der Waals surface area contributed by atoms with Crippen LogP contribution in [0.4, 0.5) is 5.82 Å². The number of nitrogen functional groups attached to an aromatic ring is 1. The summed E-state index contributed by atoms with van der Waals surface area (Å²) in [4.78, 5) is 74.1. The molecule has 22 nitrogen and oxygen atoms in total. The zero-order chi connectivity index (χ0) is 59.0. The number of hydrogen-bond donors (Lipinski definition) is 8. The number of allylic oxidation sites excluding steroid dienone is 11. The molecule has 454 valence electrons. The van der Waals surface area contributed by atoms with E-state index in [4.69, 9.17) is 39.8 Å². The number of aliphatic carboxylic acids is 1. The van der Waals surface area contributed by atoms with Crippen molar-refractivity contribution in [2.45, 2.75) is 203 Å². The smallest absolute Gasteiger partial charge is 0.481 e. The largest absolute Gasteiger partial charge is 0.481 e. The van der Waals surface area contributed by atoms with Crippen LogP contribution in [-0.2, 0) is 51.1 Å². The molecular formula is C55H90N4O18P2S. The van der Waals surface area contributed by atoms with Gasteiger partial charge in [-0.2, -0.15) is 9.29 Å². The number of nitrogens with two attached hydrogens (primary N) is 2. The lowest BCUT2D eigenvalue weighted by Gasteiger charge is -2.23. The van der Waals surface area contributed by atoms with Crippen LogP contribution in [0.2, 0.25) is 0 Å². The van der Waals surface area contributed by atoms with Crippen molar-refractivity contribution in [2.24, 2.45) is 5.73 Å². The van der Waals surface area contributed by atoms with Crippen LogP contribution in [0, 0.1) is 0 Å². The van der Waals surface area contributed by atoms with Crippen LogP contribution in [0.25, 0.3) is 0 Å². The van der Waals surface area contributed by atoms with Crippen LogP contribution in [-0.4, -0.2) is 125 Å². The van der Waals surface area contributed by atoms with Crippen molar-refractivity contribution in [3.05, 3.63) is 95.7 Å². The highest BCUT2D eigenvalue weighted by Crippen LogP contribution is 2.60. The molecule has 1 aliphatic rings. The van der Waals surface area contributed by atoms with Crippen LogP contribution >= 0.6 is 27.4 Å². The lowest BCUT2D eigenvalue weighted by molar-refractivity contribution is -0.161. The molecule has 2 heterocycles. The molecule has 0 bridgehead atoms. The highest BCUT2D eigenvalue weighted by Gasteiger charge is 2.46. The normalized spacial score (nSPS) is 20.1. The predicted octanol–water partition coefficient (Wildman–Crippen LogP) is 8.98. The topological polar surface area (TPSA) is 349 Å². The molecule has 1 aromatic rings. The van der Waals surface area contributed by atoms with Crippen molar-refractivity contribution in [3.8, 4) is 0 Å². The summed E-state index contributed by atoms with van der Waals surface area (Å²) in [5.41, 5.74) is 10.8. The summed E-state index contributed by atoms with van der Waals surface area (Å²) in [5, 5.41) is 40.5. The quantitative estimate of drug-likeness (QED) is 0.00992. The summed E-state index contributed by atoms with van der Waals surface area (Å²) < 4.78 is 57.1. The standard InChI is InChI=1S/C55H90N4O18P2S/c1-3-5-7-9-11-13-15-17-18-19-20-21-23-25-27-29-31-36-50(63)72-39-43(40-73-78(68,69)77-79(70,71)74-41-46-51(64)52(65)53(76-46)59-38-37-48(57)58-55(59)67)75-54(66)44(56)42-80-47(45(60)33-32-35-49(61)62)34-30-28-26-24-22-16-14-12-10-8-6-4-2/h11-14,17-18,22,24,26,28,30,34,37-38,43-47,51-53,60,64-65H,3-10,15-16,19-21,23,25,27,29,31-33,35-36,39-42,56H2,1-2H3,(H,61,62)(H,68,69)(H,70,71)(H2,57,58,67)/b13-11-,14-12-,18-17-,24-22-,28-26+,34-30+/t43-,44+,45+,46-,47-,51-,52-,53-/m1/s1. The van der Waals surface area contributed by atoms with Gasteiger partial charge in [0.2, 0.25) is 0 Å². The number of esters is 2. The maximum atomic E-state index is 13.4. The Balaban J connectivity index is 2.05. The molecule has 80 heavy (non-hydrogen) atoms. The van der Waals surface area contributed by atoms with E-state index in [1.807, 2.05) is 18.2 Å². The van der Waals surface area contributed by atoms with E-state index in [1.54, 1.807) is 18.2 Å². The van der Waals surface area contributed by atoms with Gasteiger partial charge in [0.1, 0.15) is 36.8 Å². The van der Waals surface area contributed by atoms with Gasteiger partial charge >= 0.3 is 39.2 Å². The molecule has 0 radical (unpaired) electrons. The number of phosphoric ester groups is 2. The predicted molar refractivity (Wildman–Crippen MR) is 308 cm³/mol. The van der Waals surface area contributed by atoms with Crippen molar-refractivity contribution in [2.75, 3.05) is 31.3 Å². The molecule has 0 spiro atoms. The summed E-state index contributed by atoms with van der Waals surface area (Å²) in [6.07, 6.45) is 34.5. The Kier molecular flexibility index (Phi) is 38.5. The number of hydrogen-bond acceptors (Lipinski definition) is 19.